The summed E-state index contributed by atoms with van der Waals surface area (Å²) in [4.78, 5) is 12.9. The van der Waals surface area contributed by atoms with Crippen molar-refractivity contribution in [1.29, 1.82) is 0 Å². The van der Waals surface area contributed by atoms with Crippen LogP contribution in [-0.2, 0) is 16.4 Å². The van der Waals surface area contributed by atoms with Crippen LogP contribution in [0.3, 0.4) is 0 Å². The van der Waals surface area contributed by atoms with Gasteiger partial charge in [0.1, 0.15) is 10.8 Å². The second-order valence-corrected chi connectivity index (χ2v) is 10.8. The van der Waals surface area contributed by atoms with Gasteiger partial charge in [0.05, 0.1) is 12.0 Å². The SMILES string of the molecule is CCc1ccc(S(=O)(=O)N2CCCC(c3nnc(C(=O)Nc4ccc(OC)cc4)s3)C2)cc1. The monoisotopic (exact) mass is 486 g/mol. The van der Waals surface area contributed by atoms with E-state index in [2.05, 4.69) is 15.5 Å². The van der Waals surface area contributed by atoms with Gasteiger partial charge < -0.3 is 10.1 Å². The van der Waals surface area contributed by atoms with E-state index in [0.29, 0.717) is 34.4 Å². The number of sulfonamides is 1. The first-order chi connectivity index (χ1) is 15.9. The van der Waals surface area contributed by atoms with Gasteiger partial charge in [0.15, 0.2) is 0 Å². The van der Waals surface area contributed by atoms with Crippen LogP contribution in [0.15, 0.2) is 53.4 Å². The first-order valence-corrected chi connectivity index (χ1v) is 13.0. The molecule has 1 atom stereocenters. The van der Waals surface area contributed by atoms with E-state index in [1.807, 2.05) is 19.1 Å². The summed E-state index contributed by atoms with van der Waals surface area (Å²) in [6.45, 7) is 2.83. The molecule has 0 radical (unpaired) electrons. The summed E-state index contributed by atoms with van der Waals surface area (Å²) in [5.74, 6) is 0.257. The quantitative estimate of drug-likeness (QED) is 0.543. The highest BCUT2D eigenvalue weighted by molar-refractivity contribution is 7.89. The minimum Gasteiger partial charge on any atom is -0.497 e. The van der Waals surface area contributed by atoms with Crippen molar-refractivity contribution in [2.45, 2.75) is 37.0 Å². The molecule has 1 N–H and O–H groups in total. The Kier molecular flexibility index (Phi) is 7.06. The molecule has 1 aliphatic rings. The highest BCUT2D eigenvalue weighted by Crippen LogP contribution is 2.32. The minimum atomic E-state index is -3.58. The fourth-order valence-corrected chi connectivity index (χ4v) is 6.15. The molecule has 1 aliphatic heterocycles. The van der Waals surface area contributed by atoms with Gasteiger partial charge in [-0.1, -0.05) is 30.4 Å². The molecule has 0 spiro atoms. The zero-order valence-corrected chi connectivity index (χ0v) is 20.2. The Balaban J connectivity index is 1.44. The number of nitrogens with zero attached hydrogens (tertiary/aromatic N) is 3. The molecule has 2 aromatic carbocycles. The summed E-state index contributed by atoms with van der Waals surface area (Å²) in [6, 6.07) is 14.1. The van der Waals surface area contributed by atoms with E-state index in [0.717, 1.165) is 24.8 Å². The molecule has 2 heterocycles. The van der Waals surface area contributed by atoms with Crippen molar-refractivity contribution in [3.63, 3.8) is 0 Å². The van der Waals surface area contributed by atoms with Crippen molar-refractivity contribution in [2.24, 2.45) is 0 Å². The van der Waals surface area contributed by atoms with Gasteiger partial charge in [-0.3, -0.25) is 4.79 Å². The lowest BCUT2D eigenvalue weighted by Crippen LogP contribution is -2.39. The molecule has 33 heavy (non-hydrogen) atoms. The zero-order valence-electron chi connectivity index (χ0n) is 18.5. The molecular formula is C23H26N4O4S2. The second kappa shape index (κ2) is 9.98. The Morgan fingerprint density at radius 2 is 1.88 bits per heavy atom. The molecule has 10 heteroatoms. The first kappa shape index (κ1) is 23.3. The van der Waals surface area contributed by atoms with Gasteiger partial charge in [-0.05, 0) is 61.2 Å². The average Bonchev–Trinajstić information content (AvgIpc) is 3.35. The van der Waals surface area contributed by atoms with Crippen molar-refractivity contribution >= 4 is 33.0 Å². The van der Waals surface area contributed by atoms with Gasteiger partial charge in [0.2, 0.25) is 15.0 Å². The largest absolute Gasteiger partial charge is 0.497 e. The number of anilines is 1. The van der Waals surface area contributed by atoms with Crippen LogP contribution in [0.2, 0.25) is 0 Å². The number of carbonyl (C=O) groups excluding carboxylic acids is 1. The maximum absolute atomic E-state index is 13.1. The van der Waals surface area contributed by atoms with Crippen LogP contribution in [0.5, 0.6) is 5.75 Å². The van der Waals surface area contributed by atoms with Crippen molar-refractivity contribution < 1.29 is 17.9 Å². The summed E-state index contributed by atoms with van der Waals surface area (Å²) in [5.41, 5.74) is 1.72. The molecule has 1 amide bonds. The van der Waals surface area contributed by atoms with Crippen LogP contribution in [0.1, 0.15) is 46.1 Å². The van der Waals surface area contributed by atoms with E-state index in [1.54, 1.807) is 43.5 Å². The molecule has 8 nitrogen and oxygen atoms in total. The zero-order chi connectivity index (χ0) is 23.4. The molecule has 0 saturated carbocycles. The topological polar surface area (TPSA) is 101 Å². The maximum Gasteiger partial charge on any atom is 0.286 e. The fourth-order valence-electron chi connectivity index (χ4n) is 3.76. The number of benzene rings is 2. The van der Waals surface area contributed by atoms with Crippen molar-refractivity contribution in [2.75, 3.05) is 25.5 Å². The maximum atomic E-state index is 13.1. The fraction of sp³-hybridized carbons (Fsp3) is 0.348. The summed E-state index contributed by atoms with van der Waals surface area (Å²) >= 11 is 1.21. The Labute approximate surface area is 197 Å². The molecule has 0 bridgehead atoms. The Morgan fingerprint density at radius 1 is 1.15 bits per heavy atom. The van der Waals surface area contributed by atoms with Crippen LogP contribution < -0.4 is 10.1 Å². The number of methoxy groups -OCH3 is 1. The van der Waals surface area contributed by atoms with Gasteiger partial charge >= 0.3 is 0 Å². The normalized spacial score (nSPS) is 17.0. The van der Waals surface area contributed by atoms with Crippen molar-refractivity contribution in [3.05, 3.63) is 64.1 Å². The van der Waals surface area contributed by atoms with Crippen molar-refractivity contribution in [3.8, 4) is 5.75 Å². The van der Waals surface area contributed by atoms with Gasteiger partial charge in [-0.2, -0.15) is 4.31 Å². The third-order valence-corrected chi connectivity index (χ3v) is 8.65. The number of piperidine rings is 1. The van der Waals surface area contributed by atoms with E-state index >= 15 is 0 Å². The summed E-state index contributed by atoms with van der Waals surface area (Å²) in [6.07, 6.45) is 2.39. The lowest BCUT2D eigenvalue weighted by atomic mass is 10.0. The van der Waals surface area contributed by atoms with E-state index in [4.69, 9.17) is 4.74 Å². The van der Waals surface area contributed by atoms with E-state index in [9.17, 15) is 13.2 Å². The molecular weight excluding hydrogens is 460 g/mol. The van der Waals surface area contributed by atoms with E-state index in [-0.39, 0.29) is 16.8 Å². The Bertz CT molecular complexity index is 1210. The molecule has 174 valence electrons. The summed E-state index contributed by atoms with van der Waals surface area (Å²) in [7, 11) is -2.00. The first-order valence-electron chi connectivity index (χ1n) is 10.8. The van der Waals surface area contributed by atoms with Gasteiger partial charge in [0.25, 0.3) is 5.91 Å². The Morgan fingerprint density at radius 3 is 2.55 bits per heavy atom. The Hall–Kier alpha value is -2.82. The molecule has 0 aliphatic carbocycles. The van der Waals surface area contributed by atoms with Gasteiger partial charge in [0, 0.05) is 24.7 Å². The minimum absolute atomic E-state index is 0.0940. The van der Waals surface area contributed by atoms with Crippen LogP contribution in [0, 0.1) is 0 Å². The number of ether oxygens (including phenoxy) is 1. The third-order valence-electron chi connectivity index (χ3n) is 5.69. The second-order valence-electron chi connectivity index (χ2n) is 7.83. The number of nitrogens with one attached hydrogen (secondary N) is 1. The average molecular weight is 487 g/mol. The number of aromatic nitrogens is 2. The molecule has 1 fully saturated rings. The van der Waals surface area contributed by atoms with Crippen LogP contribution in [0.4, 0.5) is 5.69 Å². The number of aryl methyl sites for hydroxylation is 1. The van der Waals surface area contributed by atoms with E-state index in [1.165, 1.54) is 15.6 Å². The van der Waals surface area contributed by atoms with Crippen LogP contribution in [-0.4, -0.2) is 49.0 Å². The molecule has 3 aromatic rings. The smallest absolute Gasteiger partial charge is 0.286 e. The molecule has 1 aromatic heterocycles. The number of hydrogen-bond acceptors (Lipinski definition) is 7. The highest BCUT2D eigenvalue weighted by Gasteiger charge is 2.32. The molecule has 4 rings (SSSR count). The standard InChI is InChI=1S/C23H26N4O4S2/c1-3-16-6-12-20(13-7-16)33(29,30)27-14-4-5-17(15-27)22-25-26-23(32-22)21(28)24-18-8-10-19(31-2)11-9-18/h6-13,17H,3-5,14-15H2,1-2H3,(H,24,28). The van der Waals surface area contributed by atoms with Gasteiger partial charge in [-0.25, -0.2) is 8.42 Å². The predicted molar refractivity (Wildman–Crippen MR) is 127 cm³/mol. The molecule has 1 saturated heterocycles. The van der Waals surface area contributed by atoms with E-state index < -0.39 is 10.0 Å². The van der Waals surface area contributed by atoms with Crippen LogP contribution in [0.25, 0.3) is 0 Å². The number of rotatable bonds is 7. The summed E-state index contributed by atoms with van der Waals surface area (Å²) < 4.78 is 32.9. The van der Waals surface area contributed by atoms with Crippen molar-refractivity contribution in [1.82, 2.24) is 14.5 Å². The number of amides is 1. The predicted octanol–water partition coefficient (Wildman–Crippen LogP) is 3.93. The van der Waals surface area contributed by atoms with Gasteiger partial charge in [-0.15, -0.1) is 10.2 Å². The van der Waals surface area contributed by atoms with Crippen LogP contribution >= 0.6 is 11.3 Å². The molecule has 1 unspecified atom stereocenters. The third kappa shape index (κ3) is 5.23. The highest BCUT2D eigenvalue weighted by atomic mass is 32.2. The lowest BCUT2D eigenvalue weighted by Gasteiger charge is -2.30. The lowest BCUT2D eigenvalue weighted by molar-refractivity contribution is 0.102. The number of carbonyl (C=O) groups is 1. The summed E-state index contributed by atoms with van der Waals surface area (Å²) in [5, 5.41) is 12.0. The number of hydrogen-bond donors (Lipinski definition) is 1.